The van der Waals surface area contributed by atoms with Gasteiger partial charge in [0.15, 0.2) is 0 Å². The number of aryl methyl sites for hydroxylation is 1. The third-order valence-corrected chi connectivity index (χ3v) is 6.40. The van der Waals surface area contributed by atoms with Crippen LogP contribution in [-0.4, -0.2) is 42.0 Å². The average Bonchev–Trinajstić information content (AvgIpc) is 3.11. The number of aromatic nitrogens is 1. The number of carbonyl (C=O) groups is 1. The lowest BCUT2D eigenvalue weighted by atomic mass is 10.2. The maximum absolute atomic E-state index is 12.9. The summed E-state index contributed by atoms with van der Waals surface area (Å²) in [5.41, 5.74) is 3.75. The van der Waals surface area contributed by atoms with Crippen molar-refractivity contribution in [2.75, 3.05) is 31.1 Å². The van der Waals surface area contributed by atoms with E-state index in [2.05, 4.69) is 16.0 Å². The zero-order valence-electron chi connectivity index (χ0n) is 18.2. The quantitative estimate of drug-likeness (QED) is 0.568. The standard InChI is InChI=1S/C25H26N4O2S/c1-19-3-9-23(10-4-19)31-17-24-27-21(18-32-24)15-25(30)29-12-2-11-28(13-14-29)22-7-5-20(16-26)6-8-22/h3-10,18H,2,11-15,17H2,1H3. The van der Waals surface area contributed by atoms with Crippen LogP contribution in [0.1, 0.15) is 28.2 Å². The molecule has 0 atom stereocenters. The summed E-state index contributed by atoms with van der Waals surface area (Å²) in [6, 6.07) is 17.7. The van der Waals surface area contributed by atoms with Gasteiger partial charge in [-0.1, -0.05) is 17.7 Å². The van der Waals surface area contributed by atoms with Crippen molar-refractivity contribution in [2.45, 2.75) is 26.4 Å². The summed E-state index contributed by atoms with van der Waals surface area (Å²) in [7, 11) is 0. The Bertz CT molecular complexity index is 1090. The molecule has 2 aromatic carbocycles. The molecule has 7 heteroatoms. The second-order valence-corrected chi connectivity index (χ2v) is 8.83. The summed E-state index contributed by atoms with van der Waals surface area (Å²) in [6.45, 7) is 5.57. The van der Waals surface area contributed by atoms with E-state index in [1.165, 1.54) is 16.9 Å². The van der Waals surface area contributed by atoms with Gasteiger partial charge in [0.05, 0.1) is 23.7 Å². The van der Waals surface area contributed by atoms with Crippen LogP contribution in [0.5, 0.6) is 5.75 Å². The van der Waals surface area contributed by atoms with Crippen LogP contribution in [0.15, 0.2) is 53.9 Å². The van der Waals surface area contributed by atoms with Gasteiger partial charge < -0.3 is 14.5 Å². The molecule has 3 aromatic rings. The number of nitriles is 1. The fourth-order valence-electron chi connectivity index (χ4n) is 3.71. The van der Waals surface area contributed by atoms with Crippen LogP contribution in [0.2, 0.25) is 0 Å². The second-order valence-electron chi connectivity index (χ2n) is 7.89. The molecule has 1 aromatic heterocycles. The molecule has 0 saturated carbocycles. The molecule has 4 rings (SSSR count). The highest BCUT2D eigenvalue weighted by Gasteiger charge is 2.20. The predicted molar refractivity (Wildman–Crippen MR) is 126 cm³/mol. The van der Waals surface area contributed by atoms with Gasteiger partial charge >= 0.3 is 0 Å². The molecule has 0 bridgehead atoms. The summed E-state index contributed by atoms with van der Waals surface area (Å²) >= 11 is 1.53. The Morgan fingerprint density at radius 2 is 1.88 bits per heavy atom. The van der Waals surface area contributed by atoms with Gasteiger partial charge in [-0.3, -0.25) is 4.79 Å². The van der Waals surface area contributed by atoms with Crippen LogP contribution < -0.4 is 9.64 Å². The van der Waals surface area contributed by atoms with Crippen LogP contribution in [0, 0.1) is 18.3 Å². The molecule has 164 valence electrons. The van der Waals surface area contributed by atoms with Crippen molar-refractivity contribution in [3.8, 4) is 11.8 Å². The lowest BCUT2D eigenvalue weighted by molar-refractivity contribution is -0.130. The zero-order valence-corrected chi connectivity index (χ0v) is 19.0. The topological polar surface area (TPSA) is 69.5 Å². The summed E-state index contributed by atoms with van der Waals surface area (Å²) in [6.07, 6.45) is 1.23. The number of amides is 1. The molecule has 0 unspecified atom stereocenters. The normalized spacial score (nSPS) is 14.0. The van der Waals surface area contributed by atoms with Gasteiger partial charge in [0.1, 0.15) is 17.4 Å². The van der Waals surface area contributed by atoms with Gasteiger partial charge in [-0.25, -0.2) is 4.98 Å². The van der Waals surface area contributed by atoms with E-state index in [1.54, 1.807) is 0 Å². The van der Waals surface area contributed by atoms with Crippen molar-refractivity contribution in [2.24, 2.45) is 0 Å². The molecule has 32 heavy (non-hydrogen) atoms. The summed E-state index contributed by atoms with van der Waals surface area (Å²) < 4.78 is 5.80. The fourth-order valence-corrected chi connectivity index (χ4v) is 4.42. The third kappa shape index (κ3) is 5.65. The highest BCUT2D eigenvalue weighted by Crippen LogP contribution is 2.19. The molecular weight excluding hydrogens is 420 g/mol. The van der Waals surface area contributed by atoms with E-state index in [-0.39, 0.29) is 5.91 Å². The Hall–Kier alpha value is -3.37. The number of carbonyl (C=O) groups excluding carboxylic acids is 1. The minimum atomic E-state index is 0.114. The maximum Gasteiger partial charge on any atom is 0.228 e. The molecule has 1 fully saturated rings. The fraction of sp³-hybridized carbons (Fsp3) is 0.320. The number of nitrogens with zero attached hydrogens (tertiary/aromatic N) is 4. The molecule has 2 heterocycles. The van der Waals surface area contributed by atoms with Gasteiger partial charge in [-0.05, 0) is 49.7 Å². The first-order valence-electron chi connectivity index (χ1n) is 10.8. The number of thiazole rings is 1. The second kappa shape index (κ2) is 10.3. The molecular formula is C25H26N4O2S. The highest BCUT2D eigenvalue weighted by atomic mass is 32.1. The first kappa shape index (κ1) is 21.8. The van der Waals surface area contributed by atoms with E-state index in [4.69, 9.17) is 10.00 Å². The molecule has 0 aliphatic carbocycles. The lowest BCUT2D eigenvalue weighted by Crippen LogP contribution is -2.36. The van der Waals surface area contributed by atoms with E-state index < -0.39 is 0 Å². The smallest absolute Gasteiger partial charge is 0.228 e. The van der Waals surface area contributed by atoms with Gasteiger partial charge in [-0.2, -0.15) is 5.26 Å². The first-order valence-corrected chi connectivity index (χ1v) is 11.6. The van der Waals surface area contributed by atoms with E-state index in [9.17, 15) is 4.79 Å². The predicted octanol–water partition coefficient (Wildman–Crippen LogP) is 4.18. The third-order valence-electron chi connectivity index (χ3n) is 5.53. The van der Waals surface area contributed by atoms with Crippen LogP contribution in [-0.2, 0) is 17.8 Å². The van der Waals surface area contributed by atoms with Crippen LogP contribution in [0.3, 0.4) is 0 Å². The summed E-state index contributed by atoms with van der Waals surface area (Å²) in [5.74, 6) is 0.933. The highest BCUT2D eigenvalue weighted by molar-refractivity contribution is 7.09. The van der Waals surface area contributed by atoms with E-state index in [1.807, 2.05) is 65.7 Å². The monoisotopic (exact) mass is 446 g/mol. The van der Waals surface area contributed by atoms with Crippen LogP contribution in [0.25, 0.3) is 0 Å². The van der Waals surface area contributed by atoms with Crippen LogP contribution >= 0.6 is 11.3 Å². The SMILES string of the molecule is Cc1ccc(OCc2nc(CC(=O)N3CCCN(c4ccc(C#N)cc4)CC3)cs2)cc1. The number of benzene rings is 2. The molecule has 0 N–H and O–H groups in total. The lowest BCUT2D eigenvalue weighted by Gasteiger charge is -2.23. The van der Waals surface area contributed by atoms with Crippen molar-refractivity contribution >= 4 is 22.9 Å². The van der Waals surface area contributed by atoms with Gasteiger partial charge in [0.2, 0.25) is 5.91 Å². The first-order chi connectivity index (χ1) is 15.6. The van der Waals surface area contributed by atoms with Crippen molar-refractivity contribution in [3.05, 3.63) is 75.7 Å². The van der Waals surface area contributed by atoms with Crippen molar-refractivity contribution in [3.63, 3.8) is 0 Å². The number of ether oxygens (including phenoxy) is 1. The largest absolute Gasteiger partial charge is 0.486 e. The van der Waals surface area contributed by atoms with Crippen LogP contribution in [0.4, 0.5) is 5.69 Å². The van der Waals surface area contributed by atoms with E-state index in [0.717, 1.165) is 48.2 Å². The molecule has 0 spiro atoms. The van der Waals surface area contributed by atoms with Gasteiger partial charge in [-0.15, -0.1) is 11.3 Å². The molecule has 0 radical (unpaired) electrons. The summed E-state index contributed by atoms with van der Waals surface area (Å²) in [4.78, 5) is 21.7. The number of rotatable bonds is 6. The van der Waals surface area contributed by atoms with Crippen molar-refractivity contribution in [1.82, 2.24) is 9.88 Å². The Morgan fingerprint density at radius 3 is 2.62 bits per heavy atom. The van der Waals surface area contributed by atoms with E-state index in [0.29, 0.717) is 25.1 Å². The Labute approximate surface area is 192 Å². The number of hydrogen-bond donors (Lipinski definition) is 0. The van der Waals surface area contributed by atoms with Crippen molar-refractivity contribution in [1.29, 1.82) is 5.26 Å². The number of hydrogen-bond acceptors (Lipinski definition) is 6. The zero-order chi connectivity index (χ0) is 22.3. The minimum Gasteiger partial charge on any atom is -0.486 e. The van der Waals surface area contributed by atoms with Crippen molar-refractivity contribution < 1.29 is 9.53 Å². The average molecular weight is 447 g/mol. The minimum absolute atomic E-state index is 0.114. The summed E-state index contributed by atoms with van der Waals surface area (Å²) in [5, 5.41) is 11.8. The maximum atomic E-state index is 12.9. The molecule has 6 nitrogen and oxygen atoms in total. The molecule has 1 aliphatic heterocycles. The molecule has 1 aliphatic rings. The number of anilines is 1. The van der Waals surface area contributed by atoms with E-state index >= 15 is 0 Å². The van der Waals surface area contributed by atoms with Gasteiger partial charge in [0, 0.05) is 37.2 Å². The molecule has 1 saturated heterocycles. The Morgan fingerprint density at radius 1 is 1.09 bits per heavy atom. The Balaban J connectivity index is 1.28. The molecule has 1 amide bonds. The Kier molecular flexibility index (Phi) is 7.03. The van der Waals surface area contributed by atoms with Gasteiger partial charge in [0.25, 0.3) is 0 Å².